The second-order valence-electron chi connectivity index (χ2n) is 5.32. The number of aryl methyl sites for hydroxylation is 1. The molecular formula is C16H19N2O4-. The van der Waals surface area contributed by atoms with Crippen LogP contribution in [0.4, 0.5) is 0 Å². The molecule has 0 unspecified atom stereocenters. The summed E-state index contributed by atoms with van der Waals surface area (Å²) >= 11 is 0. The highest BCUT2D eigenvalue weighted by molar-refractivity contribution is 5.84. The third kappa shape index (κ3) is 3.85. The van der Waals surface area contributed by atoms with Crippen LogP contribution in [0.5, 0.6) is 0 Å². The lowest BCUT2D eigenvalue weighted by atomic mass is 10.1. The fraction of sp³-hybridized carbons (Fsp3) is 0.375. The van der Waals surface area contributed by atoms with Gasteiger partial charge in [0.2, 0.25) is 5.91 Å². The molecule has 1 amide bonds. The molecule has 1 aromatic carbocycles. The molecule has 0 saturated heterocycles. The van der Waals surface area contributed by atoms with Crippen LogP contribution in [-0.2, 0) is 16.0 Å². The number of carboxylic acids is 1. The van der Waals surface area contributed by atoms with Gasteiger partial charge in [-0.3, -0.25) is 4.79 Å². The number of aromatic amines is 1. The highest BCUT2D eigenvalue weighted by Crippen LogP contribution is 2.19. The number of aliphatic hydroxyl groups is 1. The molecule has 2 rings (SSSR count). The number of aliphatic hydroxyl groups excluding tert-OH is 1. The molecule has 0 saturated carbocycles. The topological polar surface area (TPSA) is 105 Å². The van der Waals surface area contributed by atoms with Crippen LogP contribution in [0.15, 0.2) is 30.5 Å². The Bertz CT molecular complexity index is 663. The summed E-state index contributed by atoms with van der Waals surface area (Å²) in [4.78, 5) is 25.7. The summed E-state index contributed by atoms with van der Waals surface area (Å²) in [6.45, 7) is 1.30. The molecule has 22 heavy (non-hydrogen) atoms. The zero-order valence-electron chi connectivity index (χ0n) is 12.3. The minimum Gasteiger partial charge on any atom is -0.548 e. The Morgan fingerprint density at radius 1 is 1.36 bits per heavy atom. The van der Waals surface area contributed by atoms with E-state index in [1.165, 1.54) is 6.92 Å². The van der Waals surface area contributed by atoms with Crippen molar-refractivity contribution in [2.24, 2.45) is 0 Å². The smallest absolute Gasteiger partial charge is 0.220 e. The summed E-state index contributed by atoms with van der Waals surface area (Å²) in [6.07, 6.45) is 2.22. The Labute approximate surface area is 128 Å². The summed E-state index contributed by atoms with van der Waals surface area (Å²) in [6, 6.07) is 6.53. The maximum atomic E-state index is 11.7. The van der Waals surface area contributed by atoms with Gasteiger partial charge in [0.15, 0.2) is 0 Å². The van der Waals surface area contributed by atoms with Gasteiger partial charge in [0.25, 0.3) is 0 Å². The van der Waals surface area contributed by atoms with Crippen molar-refractivity contribution in [3.05, 3.63) is 36.0 Å². The van der Waals surface area contributed by atoms with Crippen LogP contribution in [0.25, 0.3) is 10.9 Å². The van der Waals surface area contributed by atoms with E-state index in [2.05, 4.69) is 10.3 Å². The zero-order valence-corrected chi connectivity index (χ0v) is 12.3. The van der Waals surface area contributed by atoms with E-state index in [0.717, 1.165) is 16.5 Å². The number of aromatic nitrogens is 1. The minimum absolute atomic E-state index is 0.190. The van der Waals surface area contributed by atoms with Crippen molar-refractivity contribution in [3.8, 4) is 0 Å². The lowest BCUT2D eigenvalue weighted by Gasteiger charge is -2.22. The van der Waals surface area contributed by atoms with Crippen molar-refractivity contribution >= 4 is 22.8 Å². The van der Waals surface area contributed by atoms with Crippen molar-refractivity contribution in [2.45, 2.75) is 38.3 Å². The number of carbonyl (C=O) groups excluding carboxylic acids is 2. The molecule has 6 heteroatoms. The van der Waals surface area contributed by atoms with Gasteiger partial charge in [-0.2, -0.15) is 0 Å². The van der Waals surface area contributed by atoms with Crippen LogP contribution in [0.3, 0.4) is 0 Å². The van der Waals surface area contributed by atoms with Gasteiger partial charge in [0, 0.05) is 23.5 Å². The maximum absolute atomic E-state index is 11.7. The Kier molecular flexibility index (Phi) is 5.16. The van der Waals surface area contributed by atoms with Crippen molar-refractivity contribution in [1.82, 2.24) is 10.3 Å². The second kappa shape index (κ2) is 7.09. The highest BCUT2D eigenvalue weighted by atomic mass is 16.4. The molecule has 2 atom stereocenters. The van der Waals surface area contributed by atoms with E-state index in [4.69, 9.17) is 0 Å². The average Bonchev–Trinajstić information content (AvgIpc) is 2.88. The average molecular weight is 303 g/mol. The number of H-pyrrole nitrogens is 1. The third-order valence-electron chi connectivity index (χ3n) is 3.58. The van der Waals surface area contributed by atoms with Crippen LogP contribution in [-0.4, -0.2) is 34.1 Å². The number of hydrogen-bond donors (Lipinski definition) is 3. The predicted molar refractivity (Wildman–Crippen MR) is 79.9 cm³/mol. The van der Waals surface area contributed by atoms with Crippen LogP contribution >= 0.6 is 0 Å². The Hall–Kier alpha value is -2.34. The summed E-state index contributed by atoms with van der Waals surface area (Å²) in [5, 5.41) is 23.5. The summed E-state index contributed by atoms with van der Waals surface area (Å²) in [7, 11) is 0. The van der Waals surface area contributed by atoms with Crippen LogP contribution in [0, 0.1) is 0 Å². The first-order chi connectivity index (χ1) is 10.5. The molecule has 0 bridgehead atoms. The minimum atomic E-state index is -1.49. The van der Waals surface area contributed by atoms with E-state index in [9.17, 15) is 19.8 Å². The van der Waals surface area contributed by atoms with E-state index in [0.29, 0.717) is 12.8 Å². The fourth-order valence-electron chi connectivity index (χ4n) is 2.40. The molecule has 0 spiro atoms. The van der Waals surface area contributed by atoms with Crippen molar-refractivity contribution in [1.29, 1.82) is 0 Å². The largest absolute Gasteiger partial charge is 0.548 e. The molecule has 2 aromatic rings. The molecule has 0 aliphatic heterocycles. The van der Waals surface area contributed by atoms with Crippen LogP contribution in [0.1, 0.15) is 25.3 Å². The molecule has 3 N–H and O–H groups in total. The van der Waals surface area contributed by atoms with E-state index >= 15 is 0 Å². The van der Waals surface area contributed by atoms with Crippen LogP contribution in [0.2, 0.25) is 0 Å². The number of rotatable bonds is 7. The first-order valence-electron chi connectivity index (χ1n) is 7.22. The number of amides is 1. The third-order valence-corrected chi connectivity index (χ3v) is 3.58. The first kappa shape index (κ1) is 16.0. The van der Waals surface area contributed by atoms with E-state index in [1.807, 2.05) is 30.5 Å². The molecule has 0 fully saturated rings. The Morgan fingerprint density at radius 3 is 2.77 bits per heavy atom. The number of nitrogens with one attached hydrogen (secondary N) is 2. The van der Waals surface area contributed by atoms with Gasteiger partial charge in [-0.25, -0.2) is 0 Å². The monoisotopic (exact) mass is 303 g/mol. The van der Waals surface area contributed by atoms with E-state index in [1.54, 1.807) is 0 Å². The van der Waals surface area contributed by atoms with Gasteiger partial charge in [-0.15, -0.1) is 0 Å². The molecule has 1 aromatic heterocycles. The maximum Gasteiger partial charge on any atom is 0.220 e. The number of para-hydroxylation sites is 1. The number of fused-ring (bicyclic) bond motifs is 1. The molecule has 118 valence electrons. The number of benzene rings is 1. The van der Waals surface area contributed by atoms with E-state index < -0.39 is 24.0 Å². The summed E-state index contributed by atoms with van der Waals surface area (Å²) in [5.74, 6) is -1.89. The molecular weight excluding hydrogens is 284 g/mol. The molecule has 6 nitrogen and oxygen atoms in total. The lowest BCUT2D eigenvalue weighted by molar-refractivity contribution is -0.310. The van der Waals surface area contributed by atoms with Crippen molar-refractivity contribution < 1.29 is 19.8 Å². The second-order valence-corrected chi connectivity index (χ2v) is 5.32. The molecule has 0 radical (unpaired) electrons. The fourth-order valence-corrected chi connectivity index (χ4v) is 2.40. The van der Waals surface area contributed by atoms with Crippen molar-refractivity contribution in [2.75, 3.05) is 0 Å². The summed E-state index contributed by atoms with van der Waals surface area (Å²) < 4.78 is 0. The first-order valence-corrected chi connectivity index (χ1v) is 7.22. The number of carbonyl (C=O) groups is 2. The zero-order chi connectivity index (χ0) is 16.1. The number of hydrogen-bond acceptors (Lipinski definition) is 4. The quantitative estimate of drug-likeness (QED) is 0.675. The van der Waals surface area contributed by atoms with Gasteiger partial charge < -0.3 is 25.3 Å². The van der Waals surface area contributed by atoms with Crippen molar-refractivity contribution in [3.63, 3.8) is 0 Å². The highest BCUT2D eigenvalue weighted by Gasteiger charge is 2.18. The molecule has 0 aliphatic carbocycles. The number of aliphatic carboxylic acids is 1. The van der Waals surface area contributed by atoms with Gasteiger partial charge >= 0.3 is 0 Å². The lowest BCUT2D eigenvalue weighted by Crippen LogP contribution is -2.53. The summed E-state index contributed by atoms with van der Waals surface area (Å²) in [5.41, 5.74) is 2.17. The predicted octanol–water partition coefficient (Wildman–Crippen LogP) is 0.106. The van der Waals surface area contributed by atoms with E-state index in [-0.39, 0.29) is 6.42 Å². The molecule has 0 aliphatic rings. The van der Waals surface area contributed by atoms with Gasteiger partial charge in [-0.1, -0.05) is 18.2 Å². The van der Waals surface area contributed by atoms with Gasteiger partial charge in [0.1, 0.15) is 0 Å². The van der Waals surface area contributed by atoms with Crippen LogP contribution < -0.4 is 10.4 Å². The number of carboxylic acid groups (broad SMARTS) is 1. The Morgan fingerprint density at radius 2 is 2.09 bits per heavy atom. The Balaban J connectivity index is 1.85. The van der Waals surface area contributed by atoms with Gasteiger partial charge in [-0.05, 0) is 31.4 Å². The normalized spacial score (nSPS) is 13.7. The molecule has 1 heterocycles. The van der Waals surface area contributed by atoms with Gasteiger partial charge in [0.05, 0.1) is 18.1 Å². The SMILES string of the molecule is C[C@H](O)[C@H](NC(=O)CCCc1c[nH]c2ccccc12)C(=O)[O-]. The standard InChI is InChI=1S/C16H20N2O4/c1-10(19)15(16(21)22)18-14(20)8-4-5-11-9-17-13-7-3-2-6-12(11)13/h2-3,6-7,9-10,15,17,19H,4-5,8H2,1H3,(H,18,20)(H,21,22)/p-1/t10-,15-/m0/s1.